The Bertz CT molecular complexity index is 1590. The summed E-state index contributed by atoms with van der Waals surface area (Å²) in [6.45, 7) is 6.50. The van der Waals surface area contributed by atoms with Gasteiger partial charge in [-0.2, -0.15) is 0 Å². The lowest BCUT2D eigenvalue weighted by molar-refractivity contribution is -0.167. The molecular formula is C73H124O6. The second kappa shape index (κ2) is 66.6. The highest BCUT2D eigenvalue weighted by molar-refractivity contribution is 5.71. The van der Waals surface area contributed by atoms with Gasteiger partial charge in [-0.1, -0.05) is 304 Å². The molecule has 0 heterocycles. The van der Waals surface area contributed by atoms with Gasteiger partial charge in [0.25, 0.3) is 0 Å². The largest absolute Gasteiger partial charge is 0.462 e. The van der Waals surface area contributed by atoms with Crippen LogP contribution in [0.5, 0.6) is 0 Å². The molecule has 0 N–H and O–H groups in total. The van der Waals surface area contributed by atoms with E-state index in [4.69, 9.17) is 14.2 Å². The minimum atomic E-state index is -0.786. The van der Waals surface area contributed by atoms with Crippen molar-refractivity contribution in [2.75, 3.05) is 13.2 Å². The zero-order chi connectivity index (χ0) is 57.1. The van der Waals surface area contributed by atoms with Crippen molar-refractivity contribution in [3.05, 3.63) is 109 Å². The maximum Gasteiger partial charge on any atom is 0.306 e. The minimum absolute atomic E-state index is 0.0837. The third-order valence-electron chi connectivity index (χ3n) is 14.3. The van der Waals surface area contributed by atoms with Crippen molar-refractivity contribution in [3.63, 3.8) is 0 Å². The third kappa shape index (κ3) is 64.8. The average Bonchev–Trinajstić information content (AvgIpc) is 3.45. The highest BCUT2D eigenvalue weighted by Gasteiger charge is 2.19. The lowest BCUT2D eigenvalue weighted by Gasteiger charge is -2.18. The monoisotopic (exact) mass is 1100 g/mol. The summed E-state index contributed by atoms with van der Waals surface area (Å²) in [5, 5.41) is 0. The molecule has 6 heteroatoms. The molecule has 0 fully saturated rings. The van der Waals surface area contributed by atoms with E-state index in [-0.39, 0.29) is 31.1 Å². The van der Waals surface area contributed by atoms with E-state index >= 15 is 0 Å². The number of hydrogen-bond acceptors (Lipinski definition) is 6. The fraction of sp³-hybridized carbons (Fsp3) is 0.712. The molecular weight excluding hydrogens is 973 g/mol. The van der Waals surface area contributed by atoms with Crippen molar-refractivity contribution in [3.8, 4) is 0 Å². The van der Waals surface area contributed by atoms with Gasteiger partial charge in [-0.25, -0.2) is 0 Å². The number of carbonyl (C=O) groups is 3. The Balaban J connectivity index is 4.29. The van der Waals surface area contributed by atoms with Crippen LogP contribution in [-0.4, -0.2) is 37.2 Å². The Hall–Kier alpha value is -3.93. The predicted octanol–water partition coefficient (Wildman–Crippen LogP) is 23.0. The average molecular weight is 1100 g/mol. The Kier molecular flexibility index (Phi) is 63.3. The zero-order valence-electron chi connectivity index (χ0n) is 51.9. The quantitative estimate of drug-likeness (QED) is 0.0261. The Labute approximate surface area is 489 Å². The second-order valence-electron chi connectivity index (χ2n) is 22.0. The first-order valence-electron chi connectivity index (χ1n) is 33.4. The van der Waals surface area contributed by atoms with Crippen LogP contribution >= 0.6 is 0 Å². The summed E-state index contributed by atoms with van der Waals surface area (Å²) >= 11 is 0. The molecule has 0 amide bonds. The van der Waals surface area contributed by atoms with Crippen LogP contribution in [0.2, 0.25) is 0 Å². The lowest BCUT2D eigenvalue weighted by atomic mass is 10.0. The van der Waals surface area contributed by atoms with E-state index < -0.39 is 6.10 Å². The summed E-state index contributed by atoms with van der Waals surface area (Å²) in [5.74, 6) is -0.891. The molecule has 6 nitrogen and oxygen atoms in total. The molecule has 0 spiro atoms. The van der Waals surface area contributed by atoms with Gasteiger partial charge >= 0.3 is 17.9 Å². The van der Waals surface area contributed by atoms with Crippen LogP contribution in [-0.2, 0) is 28.6 Å². The van der Waals surface area contributed by atoms with Gasteiger partial charge in [0, 0.05) is 19.3 Å². The van der Waals surface area contributed by atoms with Crippen molar-refractivity contribution < 1.29 is 28.6 Å². The molecule has 0 radical (unpaired) electrons. The highest BCUT2D eigenvalue weighted by Crippen LogP contribution is 2.17. The molecule has 0 bridgehead atoms. The molecule has 452 valence electrons. The highest BCUT2D eigenvalue weighted by atomic mass is 16.6. The molecule has 0 aliphatic rings. The molecule has 0 saturated heterocycles. The lowest BCUT2D eigenvalue weighted by Crippen LogP contribution is -2.30. The van der Waals surface area contributed by atoms with Gasteiger partial charge in [0.1, 0.15) is 13.2 Å². The van der Waals surface area contributed by atoms with Gasteiger partial charge in [0.2, 0.25) is 0 Å². The van der Waals surface area contributed by atoms with Crippen LogP contribution in [0.15, 0.2) is 109 Å². The molecule has 0 aromatic heterocycles. The summed E-state index contributed by atoms with van der Waals surface area (Å²) in [6, 6.07) is 0. The SMILES string of the molecule is CC/C=C\C/C=C\C/C=C\C/C=C\C/C=C\C/C=C\C/C=C\CCCCCCCCCCCC(=O)OCC(COC(=O)CCCCCCC/C=C\C/C=C\CCCC)OC(=O)CCCCCCCCCCCCCCCCCC. The van der Waals surface area contributed by atoms with Gasteiger partial charge < -0.3 is 14.2 Å². The molecule has 0 aromatic rings. The van der Waals surface area contributed by atoms with Gasteiger partial charge in [-0.05, 0) is 103 Å². The molecule has 0 aromatic carbocycles. The van der Waals surface area contributed by atoms with E-state index in [1.165, 1.54) is 148 Å². The first-order chi connectivity index (χ1) is 39.0. The fourth-order valence-electron chi connectivity index (χ4n) is 9.26. The van der Waals surface area contributed by atoms with Crippen LogP contribution in [0.1, 0.15) is 316 Å². The Morgan fingerprint density at radius 2 is 0.506 bits per heavy atom. The minimum Gasteiger partial charge on any atom is -0.462 e. The summed E-state index contributed by atoms with van der Waals surface area (Å²) < 4.78 is 16.9. The number of allylic oxidation sites excluding steroid dienone is 18. The van der Waals surface area contributed by atoms with Crippen molar-refractivity contribution in [2.45, 2.75) is 322 Å². The summed E-state index contributed by atoms with van der Waals surface area (Å²) in [4.78, 5) is 38.3. The maximum absolute atomic E-state index is 12.9. The smallest absolute Gasteiger partial charge is 0.306 e. The zero-order valence-corrected chi connectivity index (χ0v) is 51.9. The Morgan fingerprint density at radius 1 is 0.266 bits per heavy atom. The van der Waals surface area contributed by atoms with E-state index in [0.29, 0.717) is 19.3 Å². The van der Waals surface area contributed by atoms with Crippen LogP contribution in [0.25, 0.3) is 0 Å². The van der Waals surface area contributed by atoms with E-state index in [1.807, 2.05) is 0 Å². The molecule has 0 rings (SSSR count). The topological polar surface area (TPSA) is 78.9 Å². The summed E-state index contributed by atoms with van der Waals surface area (Å²) in [7, 11) is 0. The fourth-order valence-corrected chi connectivity index (χ4v) is 9.26. The van der Waals surface area contributed by atoms with Crippen molar-refractivity contribution >= 4 is 17.9 Å². The molecule has 0 aliphatic carbocycles. The number of ether oxygens (including phenoxy) is 3. The molecule has 0 saturated carbocycles. The number of hydrogen-bond donors (Lipinski definition) is 0. The second-order valence-corrected chi connectivity index (χ2v) is 22.0. The van der Waals surface area contributed by atoms with Crippen LogP contribution < -0.4 is 0 Å². The van der Waals surface area contributed by atoms with Crippen molar-refractivity contribution in [1.29, 1.82) is 0 Å². The van der Waals surface area contributed by atoms with E-state index in [9.17, 15) is 14.4 Å². The summed E-state index contributed by atoms with van der Waals surface area (Å²) in [5.41, 5.74) is 0. The first-order valence-corrected chi connectivity index (χ1v) is 33.4. The predicted molar refractivity (Wildman–Crippen MR) is 343 cm³/mol. The maximum atomic E-state index is 12.9. The number of unbranched alkanes of at least 4 members (excludes halogenated alkanes) is 31. The van der Waals surface area contributed by atoms with Gasteiger partial charge in [-0.3, -0.25) is 14.4 Å². The van der Waals surface area contributed by atoms with Gasteiger partial charge in [0.15, 0.2) is 6.10 Å². The third-order valence-corrected chi connectivity index (χ3v) is 14.3. The van der Waals surface area contributed by atoms with Crippen LogP contribution in [0.3, 0.4) is 0 Å². The normalized spacial score (nSPS) is 12.8. The standard InChI is InChI=1S/C73H124O6/c1-4-7-10-13-16-19-22-25-28-30-31-32-33-34-35-36-37-38-39-40-41-42-43-44-46-48-51-54-57-60-63-66-72(75)78-69-70(68-77-71(74)65-62-59-56-53-50-47-27-24-21-18-15-12-9-6-3)79-73(76)67-64-61-58-55-52-49-45-29-26-23-20-17-14-11-8-5-2/h7,10,15-16,18-19,24-25,27-28,31-32,34-35,37-38,40-41,70H,4-6,8-9,11-14,17,20-23,26,29-30,33,36,39,42-69H2,1-3H3/b10-7-,18-15-,19-16-,27-24-,28-25-,32-31-,35-34-,38-37-,41-40-. The first kappa shape index (κ1) is 75.1. The van der Waals surface area contributed by atoms with E-state index in [2.05, 4.69) is 130 Å². The molecule has 1 unspecified atom stereocenters. The van der Waals surface area contributed by atoms with Crippen molar-refractivity contribution in [1.82, 2.24) is 0 Å². The van der Waals surface area contributed by atoms with Crippen LogP contribution in [0, 0.1) is 0 Å². The number of rotatable bonds is 60. The van der Waals surface area contributed by atoms with Gasteiger partial charge in [-0.15, -0.1) is 0 Å². The Morgan fingerprint density at radius 3 is 0.810 bits per heavy atom. The molecule has 0 aliphatic heterocycles. The van der Waals surface area contributed by atoms with Gasteiger partial charge in [0.05, 0.1) is 0 Å². The van der Waals surface area contributed by atoms with Crippen LogP contribution in [0.4, 0.5) is 0 Å². The van der Waals surface area contributed by atoms with E-state index in [1.54, 1.807) is 0 Å². The summed E-state index contributed by atoms with van der Waals surface area (Å²) in [6.07, 6.45) is 91.0. The van der Waals surface area contributed by atoms with E-state index in [0.717, 1.165) is 128 Å². The molecule has 1 atom stereocenters. The number of carbonyl (C=O) groups excluding carboxylic acids is 3. The number of esters is 3. The molecule has 79 heavy (non-hydrogen) atoms. The van der Waals surface area contributed by atoms with Crippen molar-refractivity contribution in [2.24, 2.45) is 0 Å².